The van der Waals surface area contributed by atoms with Gasteiger partial charge >= 0.3 is 0 Å². The van der Waals surface area contributed by atoms with Crippen LogP contribution in [-0.2, 0) is 37.5 Å². The first-order valence-electron chi connectivity index (χ1n) is 9.04. The van der Waals surface area contributed by atoms with Crippen LogP contribution >= 0.6 is 0 Å². The molecule has 2 N–H and O–H groups in total. The minimum absolute atomic E-state index is 0.0737. The number of rotatable bonds is 12. The molecule has 2 aromatic rings. The first kappa shape index (κ1) is 24.2. The molecule has 0 unspecified atom stereocenters. The Labute approximate surface area is 176 Å². The van der Waals surface area contributed by atoms with Crippen molar-refractivity contribution in [2.24, 2.45) is 0 Å². The van der Waals surface area contributed by atoms with Crippen LogP contribution in [-0.4, -0.2) is 41.6 Å². The van der Waals surface area contributed by atoms with Crippen LogP contribution in [0.4, 0.5) is 4.39 Å². The Hall–Kier alpha value is -2.05. The quantitative estimate of drug-likeness (QED) is 0.464. The van der Waals surface area contributed by atoms with Crippen molar-refractivity contribution in [2.75, 3.05) is 18.7 Å². The highest BCUT2D eigenvalue weighted by atomic mass is 32.2. The molecule has 0 aliphatic rings. The Bertz CT molecular complexity index is 1030. The molecule has 0 saturated carbocycles. The Balaban J connectivity index is 1.73. The van der Waals surface area contributed by atoms with Gasteiger partial charge in [-0.1, -0.05) is 24.3 Å². The second-order valence-corrected chi connectivity index (χ2v) is 10.1. The molecule has 0 aliphatic heterocycles. The van der Waals surface area contributed by atoms with E-state index in [0.29, 0.717) is 12.3 Å². The summed E-state index contributed by atoms with van der Waals surface area (Å²) in [5.74, 6) is -0.609. The second kappa shape index (κ2) is 10.8. The van der Waals surface area contributed by atoms with Gasteiger partial charge in [-0.2, -0.15) is 8.42 Å². The predicted molar refractivity (Wildman–Crippen MR) is 111 cm³/mol. The van der Waals surface area contributed by atoms with Gasteiger partial charge in [-0.05, 0) is 42.3 Å². The normalized spacial score (nSPS) is 13.2. The monoisotopic (exact) mass is 460 g/mol. The third-order valence-corrected chi connectivity index (χ3v) is 5.63. The van der Waals surface area contributed by atoms with Gasteiger partial charge in [0.2, 0.25) is 10.0 Å². The lowest BCUT2D eigenvalue weighted by Gasteiger charge is -2.15. The Morgan fingerprint density at radius 1 is 1.03 bits per heavy atom. The summed E-state index contributed by atoms with van der Waals surface area (Å²) in [5.41, 5.74) is 1.70. The van der Waals surface area contributed by atoms with Gasteiger partial charge in [0.15, 0.2) is 5.94 Å². The number of halogens is 1. The van der Waals surface area contributed by atoms with Crippen molar-refractivity contribution in [1.29, 1.82) is 0 Å². The molecule has 2 aromatic carbocycles. The summed E-state index contributed by atoms with van der Waals surface area (Å²) in [6.07, 6.45) is 0.782. The van der Waals surface area contributed by atoms with Crippen molar-refractivity contribution in [3.8, 4) is 5.75 Å². The van der Waals surface area contributed by atoms with Crippen LogP contribution in [0.2, 0.25) is 0 Å². The molecule has 1 atom stereocenters. The molecule has 0 aromatic heterocycles. The van der Waals surface area contributed by atoms with E-state index in [2.05, 4.69) is 14.2 Å². The predicted octanol–water partition coefficient (Wildman–Crippen LogP) is 1.74. The van der Waals surface area contributed by atoms with E-state index in [-0.39, 0.29) is 25.0 Å². The SMILES string of the molecule is C[C@@H](CNS(=O)(=O)COS(C)(=O)=O)NCc1ccc(OCc2cccc(F)c2)cc1. The number of hydrogen-bond donors (Lipinski definition) is 2. The standard InChI is InChI=1S/C19H25FN2O6S2/c1-15(11-22-30(25,26)14-28-29(2,23)24)21-12-16-6-8-19(9-7-16)27-13-17-4-3-5-18(20)10-17/h3-10,15,21-22H,11-14H2,1-2H3/t15-/m0/s1. The van der Waals surface area contributed by atoms with Gasteiger partial charge in [-0.3, -0.25) is 4.18 Å². The maximum Gasteiger partial charge on any atom is 0.265 e. The molecular formula is C19H25FN2O6S2. The van der Waals surface area contributed by atoms with Crippen molar-refractivity contribution in [3.63, 3.8) is 0 Å². The molecule has 0 amide bonds. The number of hydrogen-bond acceptors (Lipinski definition) is 7. The van der Waals surface area contributed by atoms with Crippen LogP contribution in [0.1, 0.15) is 18.1 Å². The fraction of sp³-hybridized carbons (Fsp3) is 0.368. The molecule has 0 fully saturated rings. The van der Waals surface area contributed by atoms with Gasteiger partial charge in [-0.25, -0.2) is 17.5 Å². The molecular weight excluding hydrogens is 435 g/mol. The fourth-order valence-electron chi connectivity index (χ4n) is 2.31. The maximum atomic E-state index is 13.2. The third-order valence-electron chi connectivity index (χ3n) is 3.90. The Kier molecular flexibility index (Phi) is 8.74. The summed E-state index contributed by atoms with van der Waals surface area (Å²) in [4.78, 5) is 0. The smallest absolute Gasteiger partial charge is 0.265 e. The van der Waals surface area contributed by atoms with E-state index in [1.165, 1.54) is 12.1 Å². The van der Waals surface area contributed by atoms with Gasteiger partial charge in [0.05, 0.1) is 6.26 Å². The molecule has 0 heterocycles. The third kappa shape index (κ3) is 9.63. The summed E-state index contributed by atoms with van der Waals surface area (Å²) in [5, 5.41) is 3.16. The topological polar surface area (TPSA) is 111 Å². The zero-order valence-corrected chi connectivity index (χ0v) is 18.3. The van der Waals surface area contributed by atoms with Crippen LogP contribution in [0.15, 0.2) is 48.5 Å². The van der Waals surface area contributed by atoms with E-state index in [9.17, 15) is 21.2 Å². The summed E-state index contributed by atoms with van der Waals surface area (Å²) >= 11 is 0. The number of ether oxygens (including phenoxy) is 1. The molecule has 0 bridgehead atoms. The number of nitrogens with one attached hydrogen (secondary N) is 2. The maximum absolute atomic E-state index is 13.2. The highest BCUT2D eigenvalue weighted by Gasteiger charge is 2.15. The molecule has 30 heavy (non-hydrogen) atoms. The van der Waals surface area contributed by atoms with E-state index in [4.69, 9.17) is 4.74 Å². The van der Waals surface area contributed by atoms with Gasteiger partial charge in [0, 0.05) is 19.1 Å². The lowest BCUT2D eigenvalue weighted by molar-refractivity contribution is 0.305. The first-order valence-corrected chi connectivity index (χ1v) is 12.5. The highest BCUT2D eigenvalue weighted by Crippen LogP contribution is 2.15. The Morgan fingerprint density at radius 2 is 1.73 bits per heavy atom. The highest BCUT2D eigenvalue weighted by molar-refractivity contribution is 7.91. The summed E-state index contributed by atoms with van der Waals surface area (Å²) in [6, 6.07) is 13.3. The molecule has 8 nitrogen and oxygen atoms in total. The first-order chi connectivity index (χ1) is 14.0. The van der Waals surface area contributed by atoms with Gasteiger partial charge in [0.25, 0.3) is 10.1 Å². The van der Waals surface area contributed by atoms with E-state index in [1.54, 1.807) is 31.2 Å². The van der Waals surface area contributed by atoms with Crippen LogP contribution < -0.4 is 14.8 Å². The van der Waals surface area contributed by atoms with Crippen LogP contribution in [0.25, 0.3) is 0 Å². The molecule has 11 heteroatoms. The van der Waals surface area contributed by atoms with E-state index >= 15 is 0 Å². The molecule has 0 spiro atoms. The average molecular weight is 461 g/mol. The molecule has 0 saturated heterocycles. The largest absolute Gasteiger partial charge is 0.489 e. The zero-order valence-electron chi connectivity index (χ0n) is 16.7. The lowest BCUT2D eigenvalue weighted by atomic mass is 10.2. The van der Waals surface area contributed by atoms with Crippen molar-refractivity contribution < 1.29 is 30.1 Å². The van der Waals surface area contributed by atoms with Crippen molar-refractivity contribution in [3.05, 3.63) is 65.5 Å². The van der Waals surface area contributed by atoms with Crippen molar-refractivity contribution in [2.45, 2.75) is 26.1 Å². The van der Waals surface area contributed by atoms with Gasteiger partial charge < -0.3 is 10.1 Å². The van der Waals surface area contributed by atoms with Crippen LogP contribution in [0.3, 0.4) is 0 Å². The Morgan fingerprint density at radius 3 is 2.37 bits per heavy atom. The summed E-state index contributed by atoms with van der Waals surface area (Å²) in [7, 11) is -7.69. The van der Waals surface area contributed by atoms with Gasteiger partial charge in [0.1, 0.15) is 18.2 Å². The van der Waals surface area contributed by atoms with Crippen LogP contribution in [0.5, 0.6) is 5.75 Å². The summed E-state index contributed by atoms with van der Waals surface area (Å²) < 4.78 is 70.6. The number of benzene rings is 2. The fourth-order valence-corrected chi connectivity index (χ4v) is 4.10. The minimum atomic E-state index is -3.86. The minimum Gasteiger partial charge on any atom is -0.489 e. The molecule has 0 aliphatic carbocycles. The zero-order chi connectivity index (χ0) is 22.2. The molecule has 166 valence electrons. The van der Waals surface area contributed by atoms with E-state index in [0.717, 1.165) is 17.4 Å². The van der Waals surface area contributed by atoms with Crippen molar-refractivity contribution >= 4 is 20.1 Å². The van der Waals surface area contributed by atoms with Gasteiger partial charge in [-0.15, -0.1) is 0 Å². The molecule has 0 radical (unpaired) electrons. The average Bonchev–Trinajstić information content (AvgIpc) is 2.68. The van der Waals surface area contributed by atoms with E-state index in [1.807, 2.05) is 12.1 Å². The van der Waals surface area contributed by atoms with E-state index < -0.39 is 26.1 Å². The van der Waals surface area contributed by atoms with Crippen molar-refractivity contribution in [1.82, 2.24) is 10.0 Å². The molecule has 2 rings (SSSR count). The second-order valence-electron chi connectivity index (χ2n) is 6.75. The number of sulfonamides is 1. The summed E-state index contributed by atoms with van der Waals surface area (Å²) in [6.45, 7) is 2.61. The van der Waals surface area contributed by atoms with Crippen LogP contribution in [0, 0.1) is 5.82 Å². The lowest BCUT2D eigenvalue weighted by Crippen LogP contribution is -2.40.